The molecule has 0 aromatic carbocycles. The van der Waals surface area contributed by atoms with Crippen molar-refractivity contribution in [3.63, 3.8) is 0 Å². The number of esters is 1. The molecule has 0 spiro atoms. The van der Waals surface area contributed by atoms with Crippen LogP contribution < -0.4 is 0 Å². The first-order valence-corrected chi connectivity index (χ1v) is 2.92. The van der Waals surface area contributed by atoms with Crippen molar-refractivity contribution in [2.45, 2.75) is 26.7 Å². The van der Waals surface area contributed by atoms with Crippen LogP contribution in [0.3, 0.4) is 0 Å². The van der Waals surface area contributed by atoms with Crippen molar-refractivity contribution in [3.8, 4) is 12.0 Å². The molecule has 0 radical (unpaired) electrons. The summed E-state index contributed by atoms with van der Waals surface area (Å²) in [6, 6.07) is 0. The average Bonchev–Trinajstić information content (AvgIpc) is 1.85. The van der Waals surface area contributed by atoms with E-state index in [1.807, 2.05) is 6.92 Å². The van der Waals surface area contributed by atoms with E-state index in [4.69, 9.17) is 0 Å². The minimum absolute atomic E-state index is 0.244. The van der Waals surface area contributed by atoms with Gasteiger partial charge < -0.3 is 4.74 Å². The fourth-order valence-electron chi connectivity index (χ4n) is 0.363. The van der Waals surface area contributed by atoms with Gasteiger partial charge in [-0.3, -0.25) is 4.79 Å². The Labute approximate surface area is 55.2 Å². The summed E-state index contributed by atoms with van der Waals surface area (Å²) in [7, 11) is 0. The monoisotopic (exact) mass is 126 g/mol. The Kier molecular flexibility index (Phi) is 4.61. The lowest BCUT2D eigenvalue weighted by Gasteiger charge is -1.89. The molecule has 50 valence electrons. The maximum atomic E-state index is 10.5. The molecule has 0 amide bonds. The number of hydrogen-bond acceptors (Lipinski definition) is 2. The highest BCUT2D eigenvalue weighted by atomic mass is 16.5. The normalized spacial score (nSPS) is 7.33. The van der Waals surface area contributed by atoms with Gasteiger partial charge in [0.25, 0.3) is 0 Å². The largest absolute Gasteiger partial charge is 0.372 e. The van der Waals surface area contributed by atoms with Crippen LogP contribution in [0.4, 0.5) is 0 Å². The van der Waals surface area contributed by atoms with Crippen molar-refractivity contribution >= 4 is 5.97 Å². The molecule has 2 nitrogen and oxygen atoms in total. The molecule has 0 aliphatic carbocycles. The van der Waals surface area contributed by atoms with Crippen molar-refractivity contribution in [3.05, 3.63) is 0 Å². The Morgan fingerprint density at radius 1 is 1.67 bits per heavy atom. The lowest BCUT2D eigenvalue weighted by Crippen LogP contribution is -1.97. The molecular formula is C7H10O2. The van der Waals surface area contributed by atoms with E-state index in [0.29, 0.717) is 6.42 Å². The number of carbonyl (C=O) groups is 1. The Morgan fingerprint density at radius 3 is 2.78 bits per heavy atom. The van der Waals surface area contributed by atoms with Gasteiger partial charge in [-0.25, -0.2) is 0 Å². The molecule has 0 rings (SSSR count). The van der Waals surface area contributed by atoms with Gasteiger partial charge in [-0.2, -0.15) is 0 Å². The summed E-state index contributed by atoms with van der Waals surface area (Å²) < 4.78 is 4.43. The van der Waals surface area contributed by atoms with Gasteiger partial charge in [0.2, 0.25) is 0 Å². The van der Waals surface area contributed by atoms with Crippen LogP contribution in [-0.2, 0) is 9.53 Å². The number of rotatable bonds is 2. The van der Waals surface area contributed by atoms with Gasteiger partial charge in [0, 0.05) is 13.3 Å². The second-order valence-electron chi connectivity index (χ2n) is 1.58. The highest BCUT2D eigenvalue weighted by Gasteiger charge is 1.95. The van der Waals surface area contributed by atoms with Crippen LogP contribution in [0.1, 0.15) is 26.7 Å². The van der Waals surface area contributed by atoms with E-state index in [9.17, 15) is 4.79 Å². The van der Waals surface area contributed by atoms with Crippen molar-refractivity contribution in [2.75, 3.05) is 0 Å². The second-order valence-corrected chi connectivity index (χ2v) is 1.58. The summed E-state index contributed by atoms with van der Waals surface area (Å²) >= 11 is 0. The van der Waals surface area contributed by atoms with Gasteiger partial charge in [-0.1, -0.05) is 12.8 Å². The van der Waals surface area contributed by atoms with Crippen LogP contribution >= 0.6 is 0 Å². The topological polar surface area (TPSA) is 26.3 Å². The van der Waals surface area contributed by atoms with Gasteiger partial charge in [-0.15, -0.1) is 0 Å². The minimum Gasteiger partial charge on any atom is -0.372 e. The smallest absolute Gasteiger partial charge is 0.319 e. The first-order valence-electron chi connectivity index (χ1n) is 2.92. The molecule has 0 unspecified atom stereocenters. The van der Waals surface area contributed by atoms with Gasteiger partial charge >= 0.3 is 5.97 Å². The molecule has 0 aromatic heterocycles. The minimum atomic E-state index is -0.244. The third kappa shape index (κ3) is 4.89. The second kappa shape index (κ2) is 5.17. The molecule has 0 aliphatic rings. The van der Waals surface area contributed by atoms with Gasteiger partial charge in [-0.05, 0) is 6.42 Å². The summed E-state index contributed by atoms with van der Waals surface area (Å²) in [6.07, 6.45) is 3.50. The van der Waals surface area contributed by atoms with E-state index in [2.05, 4.69) is 16.8 Å². The Balaban J connectivity index is 3.35. The maximum Gasteiger partial charge on any atom is 0.319 e. The van der Waals surface area contributed by atoms with E-state index in [-0.39, 0.29) is 5.97 Å². The SMILES string of the molecule is CC#COC(=O)CCC. The van der Waals surface area contributed by atoms with Crippen LogP contribution in [0.25, 0.3) is 0 Å². The number of hydrogen-bond donors (Lipinski definition) is 0. The van der Waals surface area contributed by atoms with Crippen LogP contribution in [0, 0.1) is 12.0 Å². The molecule has 2 heteroatoms. The quantitative estimate of drug-likeness (QED) is 0.412. The lowest BCUT2D eigenvalue weighted by atomic mass is 10.3. The van der Waals surface area contributed by atoms with Crippen molar-refractivity contribution in [1.29, 1.82) is 0 Å². The van der Waals surface area contributed by atoms with E-state index in [0.717, 1.165) is 6.42 Å². The number of carbonyl (C=O) groups excluding carboxylic acids is 1. The van der Waals surface area contributed by atoms with Gasteiger partial charge in [0.1, 0.15) is 6.11 Å². The summed E-state index contributed by atoms with van der Waals surface area (Å²) in [5.41, 5.74) is 0. The van der Waals surface area contributed by atoms with Crippen molar-refractivity contribution in [2.24, 2.45) is 0 Å². The molecule has 0 saturated heterocycles. The highest BCUT2D eigenvalue weighted by molar-refractivity contribution is 5.70. The first kappa shape index (κ1) is 8.03. The fraction of sp³-hybridized carbons (Fsp3) is 0.571. The molecule has 0 aromatic rings. The Hall–Kier alpha value is -0.970. The molecule has 0 aliphatic heterocycles. The fourth-order valence-corrected chi connectivity index (χ4v) is 0.363. The molecular weight excluding hydrogens is 116 g/mol. The molecule has 0 fully saturated rings. The molecule has 0 heterocycles. The van der Waals surface area contributed by atoms with Crippen LogP contribution in [0.2, 0.25) is 0 Å². The third-order valence-corrected chi connectivity index (χ3v) is 0.721. The van der Waals surface area contributed by atoms with Gasteiger partial charge in [0.15, 0.2) is 0 Å². The Morgan fingerprint density at radius 2 is 2.33 bits per heavy atom. The van der Waals surface area contributed by atoms with E-state index in [1.54, 1.807) is 6.92 Å². The zero-order valence-corrected chi connectivity index (χ0v) is 5.73. The summed E-state index contributed by atoms with van der Waals surface area (Å²) in [5, 5.41) is 0. The van der Waals surface area contributed by atoms with Gasteiger partial charge in [0.05, 0.1) is 0 Å². The van der Waals surface area contributed by atoms with E-state index in [1.165, 1.54) is 0 Å². The molecule has 0 N–H and O–H groups in total. The highest BCUT2D eigenvalue weighted by Crippen LogP contribution is 1.88. The number of ether oxygens (including phenoxy) is 1. The predicted molar refractivity (Wildman–Crippen MR) is 34.4 cm³/mol. The van der Waals surface area contributed by atoms with Crippen LogP contribution in [-0.4, -0.2) is 5.97 Å². The molecule has 9 heavy (non-hydrogen) atoms. The summed E-state index contributed by atoms with van der Waals surface area (Å²) in [5.74, 6) is 2.22. The zero-order chi connectivity index (χ0) is 7.11. The maximum absolute atomic E-state index is 10.5. The molecule has 0 saturated carbocycles. The Bertz CT molecular complexity index is 139. The van der Waals surface area contributed by atoms with Crippen LogP contribution in [0.15, 0.2) is 0 Å². The molecule has 0 atom stereocenters. The van der Waals surface area contributed by atoms with E-state index >= 15 is 0 Å². The zero-order valence-electron chi connectivity index (χ0n) is 5.73. The first-order chi connectivity index (χ1) is 4.31. The summed E-state index contributed by atoms with van der Waals surface area (Å²) in [6.45, 7) is 3.54. The van der Waals surface area contributed by atoms with Crippen molar-refractivity contribution in [1.82, 2.24) is 0 Å². The molecule has 0 bridgehead atoms. The standard InChI is InChI=1S/C7H10O2/c1-3-5-7(8)9-6-4-2/h3,5H2,1-2H3. The summed E-state index contributed by atoms with van der Waals surface area (Å²) in [4.78, 5) is 10.5. The van der Waals surface area contributed by atoms with E-state index < -0.39 is 0 Å². The average molecular weight is 126 g/mol. The third-order valence-electron chi connectivity index (χ3n) is 0.721. The van der Waals surface area contributed by atoms with Crippen molar-refractivity contribution < 1.29 is 9.53 Å². The predicted octanol–water partition coefficient (Wildman–Crippen LogP) is 1.31. The van der Waals surface area contributed by atoms with Crippen LogP contribution in [0.5, 0.6) is 0 Å². The lowest BCUT2D eigenvalue weighted by molar-refractivity contribution is -0.136.